The van der Waals surface area contributed by atoms with E-state index < -0.39 is 5.97 Å². The van der Waals surface area contributed by atoms with Crippen LogP contribution < -0.4 is 14.2 Å². The molecular formula is C34H48N2O6. The first-order valence-electron chi connectivity index (χ1n) is 15.7. The van der Waals surface area contributed by atoms with Crippen molar-refractivity contribution in [2.45, 2.75) is 97.8 Å². The number of ether oxygens (including phenoxy) is 4. The van der Waals surface area contributed by atoms with Gasteiger partial charge in [-0.1, -0.05) is 78.6 Å². The molecule has 2 aromatic carbocycles. The molecule has 0 spiro atoms. The molecule has 42 heavy (non-hydrogen) atoms. The third kappa shape index (κ3) is 10.4. The molecule has 0 fully saturated rings. The highest BCUT2D eigenvalue weighted by molar-refractivity contribution is 5.89. The van der Waals surface area contributed by atoms with Crippen LogP contribution in [0.4, 0.5) is 0 Å². The Morgan fingerprint density at radius 3 is 1.60 bits per heavy atom. The zero-order valence-corrected chi connectivity index (χ0v) is 25.9. The number of nitrogens with zero attached hydrogens (tertiary/aromatic N) is 2. The molecule has 0 aliphatic heterocycles. The van der Waals surface area contributed by atoms with E-state index in [4.69, 9.17) is 23.4 Å². The summed E-state index contributed by atoms with van der Waals surface area (Å²) in [4.78, 5) is 11.8. The minimum Gasteiger partial charge on any atom is -0.490 e. The quantitative estimate of drug-likeness (QED) is 0.0910. The second kappa shape index (κ2) is 18.8. The molecule has 0 saturated heterocycles. The summed E-state index contributed by atoms with van der Waals surface area (Å²) in [6, 6.07) is 10.7. The van der Waals surface area contributed by atoms with Gasteiger partial charge in [-0.2, -0.15) is 0 Å². The van der Waals surface area contributed by atoms with Gasteiger partial charge in [0, 0.05) is 11.1 Å². The van der Waals surface area contributed by atoms with Crippen molar-refractivity contribution in [3.63, 3.8) is 0 Å². The van der Waals surface area contributed by atoms with E-state index in [1.165, 1.54) is 45.6 Å². The summed E-state index contributed by atoms with van der Waals surface area (Å²) < 4.78 is 29.8. The zero-order valence-electron chi connectivity index (χ0n) is 25.9. The molecule has 8 heteroatoms. The van der Waals surface area contributed by atoms with Gasteiger partial charge in [-0.25, -0.2) is 4.79 Å². The Kier molecular flexibility index (Phi) is 14.7. The molecule has 8 nitrogen and oxygen atoms in total. The number of hydrogen-bond donors (Lipinski definition) is 0. The lowest BCUT2D eigenvalue weighted by molar-refractivity contribution is 0.0600. The maximum atomic E-state index is 11.8. The van der Waals surface area contributed by atoms with Crippen LogP contribution in [0.5, 0.6) is 17.2 Å². The van der Waals surface area contributed by atoms with E-state index in [1.807, 2.05) is 12.1 Å². The van der Waals surface area contributed by atoms with E-state index in [2.05, 4.69) is 31.0 Å². The molecule has 0 aliphatic carbocycles. The van der Waals surface area contributed by atoms with E-state index in [0.717, 1.165) is 38.5 Å². The van der Waals surface area contributed by atoms with Crippen molar-refractivity contribution in [3.05, 3.63) is 42.0 Å². The lowest BCUT2D eigenvalue weighted by Crippen LogP contribution is -2.06. The van der Waals surface area contributed by atoms with Gasteiger partial charge < -0.3 is 23.4 Å². The van der Waals surface area contributed by atoms with Gasteiger partial charge in [0.15, 0.2) is 11.5 Å². The summed E-state index contributed by atoms with van der Waals surface area (Å²) in [7, 11) is 1.36. The second-order valence-electron chi connectivity index (χ2n) is 10.5. The van der Waals surface area contributed by atoms with Crippen LogP contribution in [0, 0.1) is 0 Å². The smallest absolute Gasteiger partial charge is 0.337 e. The van der Waals surface area contributed by atoms with Crippen LogP contribution in [-0.2, 0) is 4.74 Å². The number of unbranched alkanes of at least 4 members (excludes halogenated alkanes) is 9. The Morgan fingerprint density at radius 2 is 1.12 bits per heavy atom. The number of aromatic nitrogens is 2. The first kappa shape index (κ1) is 33.0. The summed E-state index contributed by atoms with van der Waals surface area (Å²) in [6.07, 6.45) is 13.3. The van der Waals surface area contributed by atoms with Crippen molar-refractivity contribution in [1.29, 1.82) is 0 Å². The lowest BCUT2D eigenvalue weighted by atomic mass is 10.1. The Balaban J connectivity index is 1.89. The van der Waals surface area contributed by atoms with Gasteiger partial charge >= 0.3 is 5.97 Å². The third-order valence-electron chi connectivity index (χ3n) is 7.00. The molecule has 230 valence electrons. The standard InChI is InChI=1S/C34H48N2O6/c1-5-8-11-14-21-39-29-24-28(33-36-35-32(42-33)26-17-19-27(20-18-26)34(37)38-4)25-30(40-22-15-12-9-6-2)31(29)41-23-16-13-10-7-3/h17-20,24-25H,5-16,21-23H2,1-4H3. The molecule has 3 aromatic rings. The summed E-state index contributed by atoms with van der Waals surface area (Å²) in [6.45, 7) is 8.38. The highest BCUT2D eigenvalue weighted by atomic mass is 16.5. The molecule has 0 saturated carbocycles. The van der Waals surface area contributed by atoms with Crippen molar-refractivity contribution in [3.8, 4) is 40.2 Å². The first-order chi connectivity index (χ1) is 20.6. The highest BCUT2D eigenvalue weighted by Gasteiger charge is 2.20. The zero-order chi connectivity index (χ0) is 30.0. The summed E-state index contributed by atoms with van der Waals surface area (Å²) in [5, 5.41) is 8.59. The van der Waals surface area contributed by atoms with Crippen LogP contribution in [0.2, 0.25) is 0 Å². The van der Waals surface area contributed by atoms with Crippen LogP contribution in [0.3, 0.4) is 0 Å². The summed E-state index contributed by atoms with van der Waals surface area (Å²) >= 11 is 0. The normalized spacial score (nSPS) is 11.0. The number of carbonyl (C=O) groups is 1. The fourth-order valence-corrected chi connectivity index (χ4v) is 4.51. The molecule has 0 atom stereocenters. The van der Waals surface area contributed by atoms with Crippen LogP contribution in [0.1, 0.15) is 108 Å². The largest absolute Gasteiger partial charge is 0.490 e. The summed E-state index contributed by atoms with van der Waals surface area (Å²) in [5.41, 5.74) is 1.85. The number of carbonyl (C=O) groups excluding carboxylic acids is 1. The number of esters is 1. The van der Waals surface area contributed by atoms with Crippen molar-refractivity contribution in [2.24, 2.45) is 0 Å². The molecule has 0 radical (unpaired) electrons. The number of rotatable bonds is 21. The van der Waals surface area contributed by atoms with E-state index in [-0.39, 0.29) is 0 Å². The predicted molar refractivity (Wildman–Crippen MR) is 165 cm³/mol. The molecule has 1 heterocycles. The van der Waals surface area contributed by atoms with Gasteiger partial charge in [0.2, 0.25) is 17.5 Å². The molecule has 0 N–H and O–H groups in total. The fraction of sp³-hybridized carbons (Fsp3) is 0.559. The first-order valence-corrected chi connectivity index (χ1v) is 15.7. The monoisotopic (exact) mass is 580 g/mol. The minimum absolute atomic E-state index is 0.349. The van der Waals surface area contributed by atoms with Gasteiger partial charge in [0.1, 0.15) is 0 Å². The third-order valence-corrected chi connectivity index (χ3v) is 7.00. The maximum Gasteiger partial charge on any atom is 0.337 e. The van der Waals surface area contributed by atoms with Gasteiger partial charge in [-0.05, 0) is 55.7 Å². The second-order valence-corrected chi connectivity index (χ2v) is 10.5. The van der Waals surface area contributed by atoms with Crippen LogP contribution >= 0.6 is 0 Å². The summed E-state index contributed by atoms with van der Waals surface area (Å²) in [5.74, 6) is 2.20. The molecule has 3 rings (SSSR count). The molecule has 1 aromatic heterocycles. The van der Waals surface area contributed by atoms with Crippen molar-refractivity contribution >= 4 is 5.97 Å². The van der Waals surface area contributed by atoms with Gasteiger partial charge in [-0.3, -0.25) is 0 Å². The van der Waals surface area contributed by atoms with Crippen molar-refractivity contribution < 1.29 is 28.2 Å². The van der Waals surface area contributed by atoms with Gasteiger partial charge in [0.25, 0.3) is 0 Å². The highest BCUT2D eigenvalue weighted by Crippen LogP contribution is 2.42. The SMILES string of the molecule is CCCCCCOc1cc(-c2nnc(-c3ccc(C(=O)OC)cc3)o2)cc(OCCCCCC)c1OCCCCCC. The Morgan fingerprint density at radius 1 is 0.643 bits per heavy atom. The molecule has 0 bridgehead atoms. The predicted octanol–water partition coefficient (Wildman–Crippen LogP) is 9.07. The van der Waals surface area contributed by atoms with E-state index in [9.17, 15) is 4.79 Å². The van der Waals surface area contributed by atoms with E-state index in [1.54, 1.807) is 24.3 Å². The van der Waals surface area contributed by atoms with Crippen LogP contribution in [0.15, 0.2) is 40.8 Å². The van der Waals surface area contributed by atoms with Crippen LogP contribution in [-0.4, -0.2) is 43.1 Å². The number of hydrogen-bond acceptors (Lipinski definition) is 8. The Labute approximate surface area is 251 Å². The topological polar surface area (TPSA) is 92.9 Å². The Hall–Kier alpha value is -3.55. The number of benzene rings is 2. The van der Waals surface area contributed by atoms with E-state index in [0.29, 0.717) is 65.5 Å². The molecule has 0 unspecified atom stereocenters. The average molecular weight is 581 g/mol. The van der Waals surface area contributed by atoms with Crippen molar-refractivity contribution in [1.82, 2.24) is 10.2 Å². The van der Waals surface area contributed by atoms with Crippen molar-refractivity contribution in [2.75, 3.05) is 26.9 Å². The van der Waals surface area contributed by atoms with Gasteiger partial charge in [0.05, 0.1) is 32.5 Å². The molecule has 0 aliphatic rings. The van der Waals surface area contributed by atoms with E-state index >= 15 is 0 Å². The average Bonchev–Trinajstić information content (AvgIpc) is 3.51. The number of methoxy groups -OCH3 is 1. The minimum atomic E-state index is -0.398. The fourth-order valence-electron chi connectivity index (χ4n) is 4.51. The Bertz CT molecular complexity index is 1160. The molecule has 0 amide bonds. The van der Waals surface area contributed by atoms with Gasteiger partial charge in [-0.15, -0.1) is 10.2 Å². The lowest BCUT2D eigenvalue weighted by Gasteiger charge is -2.18. The maximum absolute atomic E-state index is 11.8. The molecular weight excluding hydrogens is 532 g/mol. The van der Waals surface area contributed by atoms with Crippen LogP contribution in [0.25, 0.3) is 22.9 Å².